The molecule has 0 aliphatic rings. The van der Waals surface area contributed by atoms with E-state index in [2.05, 4.69) is 4.99 Å². The van der Waals surface area contributed by atoms with E-state index in [4.69, 9.17) is 0 Å². The van der Waals surface area contributed by atoms with E-state index >= 15 is 0 Å². The number of nitrogens with zero attached hydrogens (tertiary/aromatic N) is 3. The van der Waals surface area contributed by atoms with Crippen molar-refractivity contribution in [3.05, 3.63) is 44.8 Å². The molecule has 0 spiro atoms. The molecule has 0 aliphatic carbocycles. The lowest BCUT2D eigenvalue weighted by molar-refractivity contribution is 0.537. The molecule has 9 heteroatoms. The van der Waals surface area contributed by atoms with Crippen molar-refractivity contribution in [2.24, 2.45) is 12.0 Å². The molecule has 0 saturated carbocycles. The predicted molar refractivity (Wildman–Crippen MR) is 68.0 cm³/mol. The van der Waals surface area contributed by atoms with E-state index in [0.29, 0.717) is 10.2 Å². The maximum absolute atomic E-state index is 13.7. The van der Waals surface area contributed by atoms with Gasteiger partial charge in [0.25, 0.3) is 10.0 Å². The van der Waals surface area contributed by atoms with Crippen molar-refractivity contribution < 1.29 is 12.8 Å². The molecule has 0 bridgehead atoms. The Bertz CT molecular complexity index is 832. The highest BCUT2D eigenvalue weighted by atomic mass is 32.2. The summed E-state index contributed by atoms with van der Waals surface area (Å²) in [6.45, 7) is 0. The molecule has 2 heterocycles. The number of halogens is 1. The van der Waals surface area contributed by atoms with Gasteiger partial charge in [-0.1, -0.05) is 0 Å². The minimum Gasteiger partial charge on any atom is -0.278 e. The molecule has 6 nitrogen and oxygen atoms in total. The molecule has 0 amide bonds. The van der Waals surface area contributed by atoms with E-state index in [-0.39, 0.29) is 10.4 Å². The van der Waals surface area contributed by atoms with Crippen molar-refractivity contribution in [2.45, 2.75) is 4.90 Å². The summed E-state index contributed by atoms with van der Waals surface area (Å²) in [6, 6.07) is 1.35. The Morgan fingerprint density at radius 1 is 1.42 bits per heavy atom. The molecule has 0 unspecified atom stereocenters. The quantitative estimate of drug-likeness (QED) is 0.793. The van der Waals surface area contributed by atoms with Crippen LogP contribution in [0.3, 0.4) is 0 Å². The Hall–Kier alpha value is -1.74. The molecule has 0 aromatic carbocycles. The number of hydrogen-bond donors (Lipinski definition) is 0. The van der Waals surface area contributed by atoms with Crippen LogP contribution in [0.15, 0.2) is 37.7 Å². The van der Waals surface area contributed by atoms with Gasteiger partial charge in [0, 0.05) is 19.5 Å². The molecule has 0 saturated heterocycles. The number of rotatable bonds is 2. The number of thiophene rings is 1. The largest absolute Gasteiger partial charge is 0.343 e. The first-order chi connectivity index (χ1) is 8.89. The van der Waals surface area contributed by atoms with Crippen LogP contribution in [0.25, 0.3) is 0 Å². The SMILES string of the molecule is CN=c1c(F)cn(S(=O)(=O)c2ccsc2)c(=O)n1C. The average Bonchev–Trinajstić information content (AvgIpc) is 2.88. The van der Waals surface area contributed by atoms with E-state index in [0.717, 1.165) is 4.57 Å². The monoisotopic (exact) mass is 303 g/mol. The van der Waals surface area contributed by atoms with Crippen LogP contribution in [-0.4, -0.2) is 24.0 Å². The maximum Gasteiger partial charge on any atom is 0.343 e. The van der Waals surface area contributed by atoms with E-state index < -0.39 is 21.5 Å². The van der Waals surface area contributed by atoms with Gasteiger partial charge in [0.2, 0.25) is 0 Å². The van der Waals surface area contributed by atoms with Gasteiger partial charge in [0.15, 0.2) is 11.3 Å². The third-order valence-corrected chi connectivity index (χ3v) is 4.96. The van der Waals surface area contributed by atoms with Gasteiger partial charge in [-0.25, -0.2) is 17.6 Å². The first kappa shape index (κ1) is 13.7. The molecule has 2 aromatic rings. The van der Waals surface area contributed by atoms with Crippen molar-refractivity contribution in [3.8, 4) is 0 Å². The summed E-state index contributed by atoms with van der Waals surface area (Å²) in [6.07, 6.45) is 0.637. The zero-order chi connectivity index (χ0) is 14.2. The number of hydrogen-bond acceptors (Lipinski definition) is 5. The van der Waals surface area contributed by atoms with Gasteiger partial charge in [0.05, 0.1) is 11.1 Å². The Kier molecular flexibility index (Phi) is 3.42. The molecule has 0 radical (unpaired) electrons. The van der Waals surface area contributed by atoms with Crippen LogP contribution in [0.1, 0.15) is 0 Å². The first-order valence-corrected chi connectivity index (χ1v) is 7.46. The van der Waals surface area contributed by atoms with Crippen LogP contribution in [0.2, 0.25) is 0 Å². The second-order valence-corrected chi connectivity index (χ2v) is 6.22. The van der Waals surface area contributed by atoms with Crippen LogP contribution < -0.4 is 11.2 Å². The fourth-order valence-electron chi connectivity index (χ4n) is 1.56. The standard InChI is InChI=1S/C10H10FN3O3S2/c1-12-9-8(11)5-14(10(15)13(9)2)19(16,17)7-3-4-18-6-7/h3-6H,1-2H3. The smallest absolute Gasteiger partial charge is 0.278 e. The van der Waals surface area contributed by atoms with Crippen molar-refractivity contribution in [1.82, 2.24) is 8.54 Å². The summed E-state index contributed by atoms with van der Waals surface area (Å²) in [7, 11) is -1.51. The lowest BCUT2D eigenvalue weighted by Gasteiger charge is -2.08. The molecule has 0 aliphatic heterocycles. The normalized spacial score (nSPS) is 12.9. The highest BCUT2D eigenvalue weighted by Crippen LogP contribution is 2.15. The second kappa shape index (κ2) is 4.74. The minimum absolute atomic E-state index is 0.0554. The van der Waals surface area contributed by atoms with Gasteiger partial charge in [-0.15, -0.1) is 0 Å². The highest BCUT2D eigenvalue weighted by molar-refractivity contribution is 7.90. The zero-order valence-electron chi connectivity index (χ0n) is 10.1. The summed E-state index contributed by atoms with van der Waals surface area (Å²) in [5.41, 5.74) is -1.09. The van der Waals surface area contributed by atoms with Crippen molar-refractivity contribution in [1.29, 1.82) is 0 Å². The Balaban J connectivity index is 2.84. The van der Waals surface area contributed by atoms with Gasteiger partial charge in [-0.2, -0.15) is 15.3 Å². The molecule has 19 heavy (non-hydrogen) atoms. The predicted octanol–water partition coefficient (Wildman–Crippen LogP) is 0.155. The molecule has 2 rings (SSSR count). The van der Waals surface area contributed by atoms with Crippen LogP contribution in [0.5, 0.6) is 0 Å². The second-order valence-electron chi connectivity index (χ2n) is 3.63. The highest BCUT2D eigenvalue weighted by Gasteiger charge is 2.21. The molecule has 0 N–H and O–H groups in total. The van der Waals surface area contributed by atoms with Gasteiger partial charge in [-0.3, -0.25) is 9.56 Å². The molecule has 0 fully saturated rings. The minimum atomic E-state index is -4.08. The molecule has 0 atom stereocenters. The zero-order valence-corrected chi connectivity index (χ0v) is 11.7. The summed E-state index contributed by atoms with van der Waals surface area (Å²) in [4.78, 5) is 15.5. The van der Waals surface area contributed by atoms with Gasteiger partial charge >= 0.3 is 5.69 Å². The van der Waals surface area contributed by atoms with Crippen LogP contribution in [0, 0.1) is 5.82 Å². The third-order valence-electron chi connectivity index (χ3n) is 2.50. The van der Waals surface area contributed by atoms with Crippen molar-refractivity contribution >= 4 is 21.4 Å². The number of aromatic nitrogens is 2. The van der Waals surface area contributed by atoms with Gasteiger partial charge < -0.3 is 0 Å². The third kappa shape index (κ3) is 2.15. The average molecular weight is 303 g/mol. The van der Waals surface area contributed by atoms with Crippen LogP contribution >= 0.6 is 11.3 Å². The van der Waals surface area contributed by atoms with Gasteiger partial charge in [0.1, 0.15) is 0 Å². The summed E-state index contributed by atoms with van der Waals surface area (Å²) >= 11 is 1.17. The van der Waals surface area contributed by atoms with Crippen molar-refractivity contribution in [3.63, 3.8) is 0 Å². The van der Waals surface area contributed by atoms with E-state index in [1.165, 1.54) is 36.9 Å². The molecule has 2 aromatic heterocycles. The maximum atomic E-state index is 13.7. The Morgan fingerprint density at radius 2 is 2.11 bits per heavy atom. The lowest BCUT2D eigenvalue weighted by Crippen LogP contribution is -2.42. The first-order valence-electron chi connectivity index (χ1n) is 5.08. The molecular weight excluding hydrogens is 293 g/mol. The van der Waals surface area contributed by atoms with Crippen LogP contribution in [-0.2, 0) is 17.1 Å². The van der Waals surface area contributed by atoms with Crippen molar-refractivity contribution in [2.75, 3.05) is 7.05 Å². The Morgan fingerprint density at radius 3 is 2.63 bits per heavy atom. The summed E-state index contributed by atoms with van der Waals surface area (Å²) in [5, 5.41) is 2.93. The van der Waals surface area contributed by atoms with E-state index in [1.54, 1.807) is 5.38 Å². The van der Waals surface area contributed by atoms with Gasteiger partial charge in [-0.05, 0) is 11.4 Å². The van der Waals surface area contributed by atoms with Crippen LogP contribution in [0.4, 0.5) is 4.39 Å². The lowest BCUT2D eigenvalue weighted by atomic mass is 10.6. The fourth-order valence-corrected chi connectivity index (χ4v) is 3.84. The topological polar surface area (TPSA) is 73.4 Å². The fraction of sp³-hybridized carbons (Fsp3) is 0.200. The molecule has 102 valence electrons. The molecular formula is C10H10FN3O3S2. The summed E-state index contributed by atoms with van der Waals surface area (Å²) in [5.74, 6) is -0.886. The van der Waals surface area contributed by atoms with E-state index in [1.807, 2.05) is 0 Å². The Labute approximate surface area is 112 Å². The van der Waals surface area contributed by atoms with E-state index in [9.17, 15) is 17.6 Å². The summed E-state index contributed by atoms with van der Waals surface area (Å²) < 4.78 is 39.3.